The van der Waals surface area contributed by atoms with Gasteiger partial charge in [0.1, 0.15) is 0 Å². The van der Waals surface area contributed by atoms with E-state index in [2.05, 4.69) is 36.6 Å². The van der Waals surface area contributed by atoms with E-state index in [-0.39, 0.29) is 5.91 Å². The smallest absolute Gasteiger partial charge is 0.254 e. The second-order valence-corrected chi connectivity index (χ2v) is 7.86. The lowest BCUT2D eigenvalue weighted by Gasteiger charge is -2.42. The summed E-state index contributed by atoms with van der Waals surface area (Å²) in [5.41, 5.74) is 0.802. The third kappa shape index (κ3) is 4.84. The van der Waals surface area contributed by atoms with Crippen LogP contribution in [0.3, 0.4) is 0 Å². The van der Waals surface area contributed by atoms with Crippen molar-refractivity contribution in [2.75, 3.05) is 45.6 Å². The summed E-state index contributed by atoms with van der Waals surface area (Å²) in [5.74, 6) is 1.56. The lowest BCUT2D eigenvalue weighted by Crippen LogP contribution is -2.56. The number of fused-ring (bicyclic) bond motifs is 1. The van der Waals surface area contributed by atoms with Crippen molar-refractivity contribution in [2.45, 2.75) is 19.4 Å². The number of nitrogens with zero attached hydrogens (tertiary/aromatic N) is 2. The number of thiol groups is 1. The Kier molecular flexibility index (Phi) is 7.16. The highest BCUT2D eigenvalue weighted by Gasteiger charge is 2.30. The van der Waals surface area contributed by atoms with Gasteiger partial charge in [-0.3, -0.25) is 9.69 Å². The maximum Gasteiger partial charge on any atom is 0.254 e. The molecule has 0 saturated carbocycles. The van der Waals surface area contributed by atoms with Crippen LogP contribution in [0, 0.1) is 5.92 Å². The van der Waals surface area contributed by atoms with Crippen LogP contribution in [0.15, 0.2) is 42.5 Å². The summed E-state index contributed by atoms with van der Waals surface area (Å²) < 4.78 is 5.32. The highest BCUT2D eigenvalue weighted by Crippen LogP contribution is 2.23. The van der Waals surface area contributed by atoms with Gasteiger partial charge in [0.05, 0.1) is 0 Å². The molecular weight excluding hydrogens is 356 g/mol. The Labute approximate surface area is 167 Å². The van der Waals surface area contributed by atoms with E-state index in [0.29, 0.717) is 18.6 Å². The van der Waals surface area contributed by atoms with Crippen molar-refractivity contribution in [1.82, 2.24) is 9.80 Å². The average molecular weight is 387 g/mol. The molecule has 5 heteroatoms. The lowest BCUT2D eigenvalue weighted by molar-refractivity contribution is 0.0360. The molecule has 0 bridgehead atoms. The van der Waals surface area contributed by atoms with Gasteiger partial charge in [-0.1, -0.05) is 43.3 Å². The third-order valence-electron chi connectivity index (χ3n) is 5.42. The van der Waals surface area contributed by atoms with Crippen molar-refractivity contribution in [3.63, 3.8) is 0 Å². The van der Waals surface area contributed by atoms with Crippen LogP contribution in [0.5, 0.6) is 0 Å². The minimum Gasteiger partial charge on any atom is -0.385 e. The molecule has 146 valence electrons. The van der Waals surface area contributed by atoms with Crippen molar-refractivity contribution in [1.29, 1.82) is 0 Å². The number of ether oxygens (including phenoxy) is 1. The van der Waals surface area contributed by atoms with Crippen molar-refractivity contribution < 1.29 is 9.53 Å². The quantitative estimate of drug-likeness (QED) is 0.739. The highest BCUT2D eigenvalue weighted by atomic mass is 32.1. The first-order chi connectivity index (χ1) is 13.1. The minimum atomic E-state index is 0.135. The molecule has 1 fully saturated rings. The van der Waals surface area contributed by atoms with Gasteiger partial charge in [0.2, 0.25) is 0 Å². The summed E-state index contributed by atoms with van der Waals surface area (Å²) in [4.78, 5) is 17.8. The number of piperazine rings is 1. The zero-order valence-corrected chi connectivity index (χ0v) is 17.2. The molecule has 2 unspecified atom stereocenters. The van der Waals surface area contributed by atoms with Gasteiger partial charge in [0.25, 0.3) is 5.91 Å². The SMILES string of the molecule is COCCC1CN(C(=O)c2cccc3ccccc23)CCN1CC(C)CS. The number of carbonyl (C=O) groups excluding carboxylic acids is 1. The second kappa shape index (κ2) is 9.58. The third-order valence-corrected chi connectivity index (χ3v) is 6.05. The van der Waals surface area contributed by atoms with Crippen molar-refractivity contribution >= 4 is 29.3 Å². The maximum atomic E-state index is 13.3. The normalized spacial score (nSPS) is 19.4. The Morgan fingerprint density at radius 3 is 2.78 bits per heavy atom. The number of hydrogen-bond acceptors (Lipinski definition) is 4. The molecule has 1 amide bonds. The Morgan fingerprint density at radius 1 is 1.22 bits per heavy atom. The molecule has 2 aromatic rings. The zero-order chi connectivity index (χ0) is 19.2. The fourth-order valence-corrected chi connectivity index (χ4v) is 4.00. The predicted molar refractivity (Wildman–Crippen MR) is 115 cm³/mol. The molecule has 1 saturated heterocycles. The number of hydrogen-bond donors (Lipinski definition) is 1. The number of methoxy groups -OCH3 is 1. The Balaban J connectivity index is 1.77. The molecule has 1 aliphatic rings. The summed E-state index contributed by atoms with van der Waals surface area (Å²) in [5, 5.41) is 2.14. The molecule has 1 aliphatic heterocycles. The molecule has 3 rings (SSSR count). The van der Waals surface area contributed by atoms with Gasteiger partial charge in [-0.25, -0.2) is 0 Å². The van der Waals surface area contributed by atoms with Crippen LogP contribution in [0.1, 0.15) is 23.7 Å². The van der Waals surface area contributed by atoms with E-state index >= 15 is 0 Å². The maximum absolute atomic E-state index is 13.3. The average Bonchev–Trinajstić information content (AvgIpc) is 2.71. The molecule has 4 nitrogen and oxygen atoms in total. The molecule has 2 atom stereocenters. The fourth-order valence-electron chi connectivity index (χ4n) is 3.89. The largest absolute Gasteiger partial charge is 0.385 e. The van der Waals surface area contributed by atoms with Crippen molar-refractivity contribution in [3.05, 3.63) is 48.0 Å². The molecule has 1 heterocycles. The van der Waals surface area contributed by atoms with Crippen molar-refractivity contribution in [2.24, 2.45) is 5.92 Å². The first kappa shape index (κ1) is 20.2. The molecule has 0 aromatic heterocycles. The molecule has 2 aromatic carbocycles. The van der Waals surface area contributed by atoms with E-state index in [1.54, 1.807) is 7.11 Å². The summed E-state index contributed by atoms with van der Waals surface area (Å²) in [6.07, 6.45) is 0.940. The summed E-state index contributed by atoms with van der Waals surface area (Å²) in [7, 11) is 1.74. The first-order valence-electron chi connectivity index (χ1n) is 9.75. The van der Waals surface area contributed by atoms with Crippen LogP contribution >= 0.6 is 12.6 Å². The molecule has 0 radical (unpaired) electrons. The number of rotatable bonds is 7. The van der Waals surface area contributed by atoms with Gasteiger partial charge in [0, 0.05) is 51.5 Å². The molecule has 0 aliphatic carbocycles. The Hall–Kier alpha value is -1.56. The van der Waals surface area contributed by atoms with Crippen LogP contribution in [-0.2, 0) is 4.74 Å². The topological polar surface area (TPSA) is 32.8 Å². The van der Waals surface area contributed by atoms with Gasteiger partial charge in [-0.15, -0.1) is 0 Å². The molecular formula is C22H30N2O2S. The van der Waals surface area contributed by atoms with Gasteiger partial charge in [-0.05, 0) is 34.9 Å². The van der Waals surface area contributed by atoms with Crippen LogP contribution < -0.4 is 0 Å². The Morgan fingerprint density at radius 2 is 2.00 bits per heavy atom. The number of carbonyl (C=O) groups is 1. The van der Waals surface area contributed by atoms with Crippen LogP contribution in [0.25, 0.3) is 10.8 Å². The van der Waals surface area contributed by atoms with Crippen LogP contribution in [0.2, 0.25) is 0 Å². The van der Waals surface area contributed by atoms with E-state index in [9.17, 15) is 4.79 Å². The monoisotopic (exact) mass is 386 g/mol. The van der Waals surface area contributed by atoms with E-state index in [1.807, 2.05) is 35.2 Å². The van der Waals surface area contributed by atoms with Crippen LogP contribution in [-0.4, -0.2) is 67.4 Å². The standard InChI is InChI=1S/C22H30N2O2S/c1-17(16-27)14-23-11-12-24(15-19(23)10-13-26-2)22(25)21-9-5-7-18-6-3-4-8-20(18)21/h3-9,17,19,27H,10-16H2,1-2H3. The van der Waals surface area contributed by atoms with E-state index in [0.717, 1.165) is 54.7 Å². The van der Waals surface area contributed by atoms with Crippen molar-refractivity contribution in [3.8, 4) is 0 Å². The number of benzene rings is 2. The summed E-state index contributed by atoms with van der Waals surface area (Å²) >= 11 is 4.43. The van der Waals surface area contributed by atoms with E-state index < -0.39 is 0 Å². The minimum absolute atomic E-state index is 0.135. The van der Waals surface area contributed by atoms with E-state index in [4.69, 9.17) is 4.74 Å². The van der Waals surface area contributed by atoms with Gasteiger partial charge >= 0.3 is 0 Å². The zero-order valence-electron chi connectivity index (χ0n) is 16.3. The first-order valence-corrected chi connectivity index (χ1v) is 10.4. The fraction of sp³-hybridized carbons (Fsp3) is 0.500. The molecule has 27 heavy (non-hydrogen) atoms. The van der Waals surface area contributed by atoms with Gasteiger partial charge < -0.3 is 9.64 Å². The Bertz CT molecular complexity index is 762. The second-order valence-electron chi connectivity index (χ2n) is 7.50. The molecule has 0 spiro atoms. The van der Waals surface area contributed by atoms with Crippen LogP contribution in [0.4, 0.5) is 0 Å². The van der Waals surface area contributed by atoms with E-state index in [1.165, 1.54) is 0 Å². The van der Waals surface area contributed by atoms with Gasteiger partial charge in [0.15, 0.2) is 0 Å². The number of amides is 1. The molecule has 0 N–H and O–H groups in total. The van der Waals surface area contributed by atoms with Gasteiger partial charge in [-0.2, -0.15) is 12.6 Å². The highest BCUT2D eigenvalue weighted by molar-refractivity contribution is 7.80. The lowest BCUT2D eigenvalue weighted by atomic mass is 10.0. The predicted octanol–water partition coefficient (Wildman–Crippen LogP) is 3.57. The summed E-state index contributed by atoms with van der Waals surface area (Å²) in [6.45, 7) is 6.40. The summed E-state index contributed by atoms with van der Waals surface area (Å²) in [6, 6.07) is 14.4.